The van der Waals surface area contributed by atoms with Crippen molar-refractivity contribution in [1.82, 2.24) is 19.6 Å². The molecule has 3 heterocycles. The molecule has 8 heteroatoms. The molecule has 0 spiro atoms. The highest BCUT2D eigenvalue weighted by Gasteiger charge is 2.13. The van der Waals surface area contributed by atoms with Crippen LogP contribution >= 0.6 is 11.3 Å². The lowest BCUT2D eigenvalue weighted by Gasteiger charge is -1.95. The fourth-order valence-corrected chi connectivity index (χ4v) is 3.22. The molecule has 0 unspecified atom stereocenters. The zero-order valence-electron chi connectivity index (χ0n) is 12.1. The lowest BCUT2D eigenvalue weighted by molar-refractivity contribution is 0.452. The maximum absolute atomic E-state index is 12.4. The van der Waals surface area contributed by atoms with Gasteiger partial charge >= 0.3 is 0 Å². The molecule has 0 aliphatic heterocycles. The van der Waals surface area contributed by atoms with Crippen molar-refractivity contribution in [3.8, 4) is 17.3 Å². The van der Waals surface area contributed by atoms with Crippen molar-refractivity contribution >= 4 is 22.4 Å². The molecular formula is C16H10N4O3S. The number of benzene rings is 1. The number of H-pyrrole nitrogens is 1. The molecule has 24 heavy (non-hydrogen) atoms. The smallest absolute Gasteiger partial charge is 0.291 e. The van der Waals surface area contributed by atoms with E-state index in [2.05, 4.69) is 15.1 Å². The highest BCUT2D eigenvalue weighted by atomic mass is 32.1. The maximum atomic E-state index is 12.4. The molecule has 0 bridgehead atoms. The van der Waals surface area contributed by atoms with E-state index < -0.39 is 5.56 Å². The van der Waals surface area contributed by atoms with Crippen molar-refractivity contribution in [2.45, 2.75) is 0 Å². The van der Waals surface area contributed by atoms with Gasteiger partial charge in [0.15, 0.2) is 11.7 Å². The number of aromatic hydroxyl groups is 1. The summed E-state index contributed by atoms with van der Waals surface area (Å²) in [6.45, 7) is 0. The molecule has 7 nitrogen and oxygen atoms in total. The van der Waals surface area contributed by atoms with Gasteiger partial charge in [-0.25, -0.2) is 0 Å². The summed E-state index contributed by atoms with van der Waals surface area (Å²) in [5, 5.41) is 13.6. The minimum atomic E-state index is -0.469. The van der Waals surface area contributed by atoms with Gasteiger partial charge in [0.2, 0.25) is 4.96 Å². The molecule has 4 rings (SSSR count). The highest BCUT2D eigenvalue weighted by Crippen LogP contribution is 2.17. The Labute approximate surface area is 138 Å². The molecule has 0 aliphatic carbocycles. The zero-order valence-corrected chi connectivity index (χ0v) is 12.9. The summed E-state index contributed by atoms with van der Waals surface area (Å²) in [7, 11) is 0. The lowest BCUT2D eigenvalue weighted by atomic mass is 10.2. The van der Waals surface area contributed by atoms with Gasteiger partial charge < -0.3 is 5.11 Å². The second-order valence-electron chi connectivity index (χ2n) is 5.07. The molecule has 0 saturated carbocycles. The van der Waals surface area contributed by atoms with Crippen molar-refractivity contribution in [2.24, 2.45) is 0 Å². The van der Waals surface area contributed by atoms with Gasteiger partial charge in [0.05, 0.1) is 4.53 Å². The van der Waals surface area contributed by atoms with E-state index in [1.54, 1.807) is 6.08 Å². The Balaban J connectivity index is 1.86. The monoisotopic (exact) mass is 338 g/mol. The van der Waals surface area contributed by atoms with Crippen LogP contribution in [0.4, 0.5) is 0 Å². The Morgan fingerprint density at radius 1 is 1.17 bits per heavy atom. The van der Waals surface area contributed by atoms with E-state index in [1.807, 2.05) is 30.3 Å². The molecule has 118 valence electrons. The van der Waals surface area contributed by atoms with Gasteiger partial charge in [-0.05, 0) is 11.6 Å². The third-order valence-corrected chi connectivity index (χ3v) is 4.33. The van der Waals surface area contributed by atoms with Crippen molar-refractivity contribution in [2.75, 3.05) is 0 Å². The molecule has 0 aliphatic rings. The third-order valence-electron chi connectivity index (χ3n) is 3.37. The van der Waals surface area contributed by atoms with Gasteiger partial charge in [-0.2, -0.15) is 9.50 Å². The number of pyridine rings is 1. The van der Waals surface area contributed by atoms with Crippen LogP contribution in [-0.4, -0.2) is 24.7 Å². The van der Waals surface area contributed by atoms with Crippen molar-refractivity contribution in [1.29, 1.82) is 0 Å². The van der Waals surface area contributed by atoms with Crippen LogP contribution in [0.15, 0.2) is 52.1 Å². The molecule has 0 amide bonds. The number of rotatable bonds is 2. The first kappa shape index (κ1) is 14.3. The summed E-state index contributed by atoms with van der Waals surface area (Å²) >= 11 is 1.22. The number of nitrogens with zero attached hydrogens (tertiary/aromatic N) is 3. The predicted octanol–water partition coefficient (Wildman–Crippen LogP) is 0.760. The van der Waals surface area contributed by atoms with E-state index in [4.69, 9.17) is 0 Å². The van der Waals surface area contributed by atoms with Crippen LogP contribution in [0.25, 0.3) is 22.4 Å². The predicted molar refractivity (Wildman–Crippen MR) is 90.1 cm³/mol. The quantitative estimate of drug-likeness (QED) is 0.562. The summed E-state index contributed by atoms with van der Waals surface area (Å²) in [5.74, 6) is -0.0675. The molecule has 0 radical (unpaired) electrons. The number of hydrogen-bond donors (Lipinski definition) is 2. The summed E-state index contributed by atoms with van der Waals surface area (Å²) in [5.41, 5.74) is 0.522. The largest absolute Gasteiger partial charge is 0.494 e. The SMILES string of the molecule is O=c1cc(-c2nc3s/c(=C/c4ccccc4)c(=O)n3n2)cc(O)[nH]1. The maximum Gasteiger partial charge on any atom is 0.291 e. The van der Waals surface area contributed by atoms with Gasteiger partial charge in [0.1, 0.15) is 0 Å². The standard InChI is InChI=1S/C16H10N4O3S/c21-12-7-10(8-13(22)17-12)14-18-16-20(19-14)15(23)11(24-16)6-9-4-2-1-3-5-9/h1-8H,(H2,17,21,22)/b11-6+. The van der Waals surface area contributed by atoms with Gasteiger partial charge in [0.25, 0.3) is 11.1 Å². The first-order chi connectivity index (χ1) is 11.6. The summed E-state index contributed by atoms with van der Waals surface area (Å²) < 4.78 is 1.73. The first-order valence-electron chi connectivity index (χ1n) is 7.00. The average Bonchev–Trinajstić information content (AvgIpc) is 3.08. The first-order valence-corrected chi connectivity index (χ1v) is 7.82. The van der Waals surface area contributed by atoms with E-state index in [0.717, 1.165) is 5.56 Å². The number of thiazole rings is 1. The topological polar surface area (TPSA) is 100 Å². The van der Waals surface area contributed by atoms with Crippen LogP contribution in [0.2, 0.25) is 0 Å². The van der Waals surface area contributed by atoms with E-state index in [9.17, 15) is 14.7 Å². The van der Waals surface area contributed by atoms with Gasteiger partial charge in [-0.15, -0.1) is 5.10 Å². The minimum absolute atomic E-state index is 0.214. The normalized spacial score (nSPS) is 12.1. The molecule has 0 atom stereocenters. The Morgan fingerprint density at radius 3 is 2.67 bits per heavy atom. The Morgan fingerprint density at radius 2 is 1.96 bits per heavy atom. The highest BCUT2D eigenvalue weighted by molar-refractivity contribution is 7.15. The van der Waals surface area contributed by atoms with Crippen LogP contribution in [-0.2, 0) is 0 Å². The number of hydrogen-bond acceptors (Lipinski definition) is 6. The molecule has 2 N–H and O–H groups in total. The molecule has 4 aromatic rings. The van der Waals surface area contributed by atoms with Crippen LogP contribution in [0, 0.1) is 0 Å². The van der Waals surface area contributed by atoms with E-state index >= 15 is 0 Å². The third kappa shape index (κ3) is 2.48. The summed E-state index contributed by atoms with van der Waals surface area (Å²) in [6, 6.07) is 12.1. The van der Waals surface area contributed by atoms with E-state index in [-0.39, 0.29) is 17.3 Å². The molecule has 0 saturated heterocycles. The second-order valence-corrected chi connectivity index (χ2v) is 6.08. The van der Waals surface area contributed by atoms with E-state index in [0.29, 0.717) is 15.1 Å². The van der Waals surface area contributed by atoms with Crippen LogP contribution < -0.4 is 15.7 Å². The number of nitrogens with one attached hydrogen (secondary N) is 1. The molecule has 0 fully saturated rings. The van der Waals surface area contributed by atoms with Gasteiger partial charge in [0, 0.05) is 17.7 Å². The molecule has 1 aromatic carbocycles. The lowest BCUT2D eigenvalue weighted by Crippen LogP contribution is -2.23. The average molecular weight is 338 g/mol. The number of aromatic amines is 1. The summed E-state index contributed by atoms with van der Waals surface area (Å²) in [6.07, 6.45) is 1.78. The van der Waals surface area contributed by atoms with Crippen LogP contribution in [0.1, 0.15) is 5.56 Å². The van der Waals surface area contributed by atoms with Crippen molar-refractivity contribution < 1.29 is 5.11 Å². The van der Waals surface area contributed by atoms with Crippen LogP contribution in [0.5, 0.6) is 5.88 Å². The number of fused-ring (bicyclic) bond motifs is 1. The fraction of sp³-hybridized carbons (Fsp3) is 0. The minimum Gasteiger partial charge on any atom is -0.494 e. The zero-order chi connectivity index (χ0) is 16.7. The fourth-order valence-electron chi connectivity index (χ4n) is 2.31. The Bertz CT molecular complexity index is 1210. The Kier molecular flexibility index (Phi) is 3.24. The van der Waals surface area contributed by atoms with Crippen LogP contribution in [0.3, 0.4) is 0 Å². The van der Waals surface area contributed by atoms with Crippen molar-refractivity contribution in [3.63, 3.8) is 0 Å². The Hall–Kier alpha value is -3.26. The van der Waals surface area contributed by atoms with E-state index in [1.165, 1.54) is 28.0 Å². The van der Waals surface area contributed by atoms with Gasteiger partial charge in [-0.3, -0.25) is 14.6 Å². The molecule has 3 aromatic heterocycles. The second kappa shape index (κ2) is 5.43. The molecular weight excluding hydrogens is 328 g/mol. The summed E-state index contributed by atoms with van der Waals surface area (Å²) in [4.78, 5) is 30.8. The number of aromatic nitrogens is 4. The van der Waals surface area contributed by atoms with Crippen molar-refractivity contribution in [3.05, 3.63) is 73.3 Å². The van der Waals surface area contributed by atoms with Gasteiger partial charge in [-0.1, -0.05) is 41.7 Å².